The number of fused-ring (bicyclic) bond motifs is 1. The number of thioether (sulfide) groups is 1. The summed E-state index contributed by atoms with van der Waals surface area (Å²) >= 11 is 1.85. The van der Waals surface area contributed by atoms with E-state index in [1.54, 1.807) is 6.07 Å². The van der Waals surface area contributed by atoms with Crippen molar-refractivity contribution in [2.24, 2.45) is 4.99 Å². The number of carbonyl (C=O) groups is 1. The summed E-state index contributed by atoms with van der Waals surface area (Å²) in [5.74, 6) is 1.15. The standard InChI is InChI=1S/C21H22FNO2S/c1-3-25-12(2)14-11-13(7-8-15(14)22)19-20-16(5-4-6-18(20)24)23-17-9-10-26-21(17)19/h7-8,11,19,21H,2-6,9-10H2,1H3. The molecule has 0 aromatic heterocycles. The van der Waals surface area contributed by atoms with E-state index >= 15 is 0 Å². The maximum atomic E-state index is 14.3. The topological polar surface area (TPSA) is 38.7 Å². The van der Waals surface area contributed by atoms with Crippen molar-refractivity contribution in [2.75, 3.05) is 12.4 Å². The largest absolute Gasteiger partial charge is 0.494 e. The number of hydrogen-bond donors (Lipinski definition) is 0. The van der Waals surface area contributed by atoms with Gasteiger partial charge in [-0.05, 0) is 49.6 Å². The predicted molar refractivity (Wildman–Crippen MR) is 104 cm³/mol. The first-order valence-electron chi connectivity index (χ1n) is 9.17. The fourth-order valence-electron chi connectivity index (χ4n) is 4.12. The van der Waals surface area contributed by atoms with Crippen LogP contribution in [0.1, 0.15) is 49.7 Å². The highest BCUT2D eigenvalue weighted by atomic mass is 32.2. The zero-order valence-electron chi connectivity index (χ0n) is 14.9. The molecule has 1 saturated heterocycles. The van der Waals surface area contributed by atoms with Crippen molar-refractivity contribution in [3.8, 4) is 0 Å². The second-order valence-electron chi connectivity index (χ2n) is 6.85. The van der Waals surface area contributed by atoms with Crippen molar-refractivity contribution < 1.29 is 13.9 Å². The minimum atomic E-state index is -0.347. The van der Waals surface area contributed by atoms with Crippen LogP contribution in [-0.2, 0) is 9.53 Å². The van der Waals surface area contributed by atoms with Crippen molar-refractivity contribution in [3.63, 3.8) is 0 Å². The van der Waals surface area contributed by atoms with Gasteiger partial charge in [-0.3, -0.25) is 9.79 Å². The summed E-state index contributed by atoms with van der Waals surface area (Å²) < 4.78 is 19.8. The zero-order chi connectivity index (χ0) is 18.3. The molecule has 3 aliphatic rings. The maximum Gasteiger partial charge on any atom is 0.161 e. The third kappa shape index (κ3) is 2.92. The second-order valence-corrected chi connectivity index (χ2v) is 8.10. The molecule has 1 aliphatic carbocycles. The molecule has 3 nitrogen and oxygen atoms in total. The lowest BCUT2D eigenvalue weighted by atomic mass is 9.76. The number of nitrogens with zero attached hydrogens (tertiary/aromatic N) is 1. The first-order valence-corrected chi connectivity index (χ1v) is 10.2. The Hall–Kier alpha value is -1.88. The van der Waals surface area contributed by atoms with E-state index in [-0.39, 0.29) is 22.8 Å². The molecule has 0 spiro atoms. The van der Waals surface area contributed by atoms with Gasteiger partial charge in [-0.15, -0.1) is 0 Å². The zero-order valence-corrected chi connectivity index (χ0v) is 15.7. The number of Topliss-reactive ketones (excluding diaryl/α,β-unsaturated/α-hetero) is 1. The van der Waals surface area contributed by atoms with Crippen molar-refractivity contribution in [1.82, 2.24) is 0 Å². The summed E-state index contributed by atoms with van der Waals surface area (Å²) in [6.45, 7) is 6.15. The lowest BCUT2D eigenvalue weighted by Crippen LogP contribution is -2.32. The first kappa shape index (κ1) is 17.5. The first-order chi connectivity index (χ1) is 12.6. The van der Waals surface area contributed by atoms with Crippen LogP contribution >= 0.6 is 11.8 Å². The number of ether oxygens (including phenoxy) is 1. The molecule has 5 heteroatoms. The second kappa shape index (κ2) is 7.03. The Morgan fingerprint density at radius 2 is 2.23 bits per heavy atom. The Labute approximate surface area is 157 Å². The Morgan fingerprint density at radius 1 is 1.38 bits per heavy atom. The van der Waals surface area contributed by atoms with Gasteiger partial charge in [0.25, 0.3) is 0 Å². The van der Waals surface area contributed by atoms with Gasteiger partial charge in [0.1, 0.15) is 11.6 Å². The quantitative estimate of drug-likeness (QED) is 0.708. The van der Waals surface area contributed by atoms with Crippen LogP contribution in [0.25, 0.3) is 5.76 Å². The van der Waals surface area contributed by atoms with Gasteiger partial charge in [-0.1, -0.05) is 12.6 Å². The van der Waals surface area contributed by atoms with E-state index in [0.29, 0.717) is 24.4 Å². The third-order valence-corrected chi connectivity index (χ3v) is 6.62. The van der Waals surface area contributed by atoms with Crippen LogP contribution in [0.15, 0.2) is 41.0 Å². The number of aliphatic imine (C=N–C) groups is 1. The molecule has 1 fully saturated rings. The minimum absolute atomic E-state index is 0.0495. The highest BCUT2D eigenvalue weighted by molar-refractivity contribution is 8.01. The fourth-order valence-corrected chi connectivity index (χ4v) is 5.55. The SMILES string of the molecule is C=C(OCC)c1cc(C2C3=C(CCCC3=O)N=C3CCSC32)ccc1F. The molecule has 0 amide bonds. The maximum absolute atomic E-state index is 14.3. The smallest absolute Gasteiger partial charge is 0.161 e. The normalized spacial score (nSPS) is 24.8. The molecule has 2 aliphatic heterocycles. The van der Waals surface area contributed by atoms with E-state index in [0.717, 1.165) is 41.8 Å². The van der Waals surface area contributed by atoms with E-state index in [1.807, 2.05) is 24.8 Å². The lowest BCUT2D eigenvalue weighted by molar-refractivity contribution is -0.116. The van der Waals surface area contributed by atoms with Gasteiger partial charge in [0.15, 0.2) is 5.78 Å². The Morgan fingerprint density at radius 3 is 3.04 bits per heavy atom. The number of halogens is 1. The summed E-state index contributed by atoms with van der Waals surface area (Å²) in [7, 11) is 0. The van der Waals surface area contributed by atoms with E-state index in [4.69, 9.17) is 9.73 Å². The molecule has 26 heavy (non-hydrogen) atoms. The van der Waals surface area contributed by atoms with E-state index in [9.17, 15) is 9.18 Å². The van der Waals surface area contributed by atoms with Crippen LogP contribution in [0.4, 0.5) is 4.39 Å². The molecular weight excluding hydrogens is 349 g/mol. The van der Waals surface area contributed by atoms with Gasteiger partial charge >= 0.3 is 0 Å². The average Bonchev–Trinajstić information content (AvgIpc) is 3.09. The number of ketones is 1. The number of rotatable bonds is 4. The molecule has 0 radical (unpaired) electrons. The Balaban J connectivity index is 1.81. The highest BCUT2D eigenvalue weighted by Gasteiger charge is 2.42. The Kier molecular flexibility index (Phi) is 4.74. The van der Waals surface area contributed by atoms with Gasteiger partial charge in [-0.2, -0.15) is 11.8 Å². The van der Waals surface area contributed by atoms with Crippen LogP contribution in [0.3, 0.4) is 0 Å². The van der Waals surface area contributed by atoms with E-state index < -0.39 is 0 Å². The van der Waals surface area contributed by atoms with Gasteiger partial charge < -0.3 is 4.74 Å². The molecule has 0 bridgehead atoms. The predicted octanol–water partition coefficient (Wildman–Crippen LogP) is 4.88. The number of carbonyl (C=O) groups excluding carboxylic acids is 1. The molecule has 2 unspecified atom stereocenters. The van der Waals surface area contributed by atoms with Crippen LogP contribution in [0, 0.1) is 5.82 Å². The summed E-state index contributed by atoms with van der Waals surface area (Å²) in [6, 6.07) is 5.08. The van der Waals surface area contributed by atoms with Crippen LogP contribution in [0.5, 0.6) is 0 Å². The van der Waals surface area contributed by atoms with Crippen molar-refractivity contribution in [3.05, 3.63) is 53.0 Å². The van der Waals surface area contributed by atoms with E-state index in [2.05, 4.69) is 6.58 Å². The highest BCUT2D eigenvalue weighted by Crippen LogP contribution is 2.47. The molecule has 0 saturated carbocycles. The van der Waals surface area contributed by atoms with Crippen molar-refractivity contribution in [1.29, 1.82) is 0 Å². The summed E-state index contributed by atoms with van der Waals surface area (Å²) in [6.07, 6.45) is 3.28. The molecule has 1 aromatic rings. The molecule has 2 atom stereocenters. The fraction of sp³-hybridized carbons (Fsp3) is 0.429. The van der Waals surface area contributed by atoms with Gasteiger partial charge in [0.05, 0.1) is 17.4 Å². The summed E-state index contributed by atoms with van der Waals surface area (Å²) in [4.78, 5) is 17.6. The lowest BCUT2D eigenvalue weighted by Gasteiger charge is -2.33. The van der Waals surface area contributed by atoms with Gasteiger partial charge in [-0.25, -0.2) is 4.39 Å². The third-order valence-electron chi connectivity index (χ3n) is 5.27. The van der Waals surface area contributed by atoms with Crippen LogP contribution in [-0.4, -0.2) is 29.1 Å². The van der Waals surface area contributed by atoms with E-state index in [1.165, 1.54) is 11.8 Å². The van der Waals surface area contributed by atoms with Gasteiger partial charge in [0.2, 0.25) is 0 Å². The number of benzene rings is 1. The monoisotopic (exact) mass is 371 g/mol. The van der Waals surface area contributed by atoms with Crippen LogP contribution < -0.4 is 0 Å². The summed E-state index contributed by atoms with van der Waals surface area (Å²) in [5.41, 5.74) is 4.31. The van der Waals surface area contributed by atoms with Crippen molar-refractivity contribution in [2.45, 2.75) is 43.8 Å². The average molecular weight is 371 g/mol. The molecule has 136 valence electrons. The summed E-state index contributed by atoms with van der Waals surface area (Å²) in [5, 5.41) is 0.175. The minimum Gasteiger partial charge on any atom is -0.494 e. The molecule has 1 aromatic carbocycles. The van der Waals surface area contributed by atoms with Crippen LogP contribution in [0.2, 0.25) is 0 Å². The number of allylic oxidation sites excluding steroid dienone is 2. The molecule has 4 rings (SSSR count). The Bertz CT molecular complexity index is 842. The van der Waals surface area contributed by atoms with Gasteiger partial charge in [0, 0.05) is 29.3 Å². The molecule has 2 heterocycles. The van der Waals surface area contributed by atoms with Crippen molar-refractivity contribution >= 4 is 29.0 Å². The molecular formula is C21H22FNO2S. The number of hydrogen-bond acceptors (Lipinski definition) is 4. The molecule has 0 N–H and O–H groups in total.